The second-order valence-corrected chi connectivity index (χ2v) is 5.77. The molecule has 0 aromatic carbocycles. The van der Waals surface area contributed by atoms with Gasteiger partial charge < -0.3 is 4.74 Å². The Labute approximate surface area is 84.2 Å². The quantitative estimate of drug-likeness (QED) is 0.723. The summed E-state index contributed by atoms with van der Waals surface area (Å²) in [5.74, 6) is -1.67. The number of thiophene rings is 1. The van der Waals surface area contributed by atoms with E-state index in [9.17, 15) is 17.6 Å². The minimum absolute atomic E-state index is 0.0644. The van der Waals surface area contributed by atoms with Gasteiger partial charge in [-0.15, -0.1) is 11.3 Å². The summed E-state index contributed by atoms with van der Waals surface area (Å²) in [6.45, 7) is 0. The number of ether oxygens (including phenoxy) is 1. The molecule has 78 valence electrons. The lowest BCUT2D eigenvalue weighted by atomic mass is 10.5. The lowest BCUT2D eigenvalue weighted by Gasteiger charge is -1.92. The summed E-state index contributed by atoms with van der Waals surface area (Å²) in [6, 6.07) is 0.854. The first kappa shape index (κ1) is 11.1. The van der Waals surface area contributed by atoms with E-state index >= 15 is 0 Å². The van der Waals surface area contributed by atoms with Crippen LogP contribution in [-0.4, -0.2) is 27.8 Å². The summed E-state index contributed by atoms with van der Waals surface area (Å²) in [6.07, 6.45) is 0.878. The average molecular weight is 238 g/mol. The molecule has 0 radical (unpaired) electrons. The van der Waals surface area contributed by atoms with E-state index in [1.807, 2.05) is 0 Å². The molecule has 0 unspecified atom stereocenters. The van der Waals surface area contributed by atoms with Crippen molar-refractivity contribution in [2.75, 3.05) is 13.4 Å². The third kappa shape index (κ3) is 2.10. The van der Waals surface area contributed by atoms with Gasteiger partial charge in [0.05, 0.1) is 7.11 Å². The Morgan fingerprint density at radius 2 is 2.14 bits per heavy atom. The smallest absolute Gasteiger partial charge is 0.348 e. The topological polar surface area (TPSA) is 60.4 Å². The summed E-state index contributed by atoms with van der Waals surface area (Å²) in [7, 11) is -2.48. The zero-order valence-corrected chi connectivity index (χ0v) is 9.04. The number of hydrogen-bond acceptors (Lipinski definition) is 5. The predicted molar refractivity (Wildman–Crippen MR) is 48.7 cm³/mol. The van der Waals surface area contributed by atoms with Gasteiger partial charge in [0.25, 0.3) is 0 Å². The van der Waals surface area contributed by atoms with Crippen LogP contribution >= 0.6 is 11.3 Å². The molecule has 0 N–H and O–H groups in total. The second kappa shape index (κ2) is 3.66. The Balaban J connectivity index is 3.25. The predicted octanol–water partition coefficient (Wildman–Crippen LogP) is 1.08. The van der Waals surface area contributed by atoms with Gasteiger partial charge in [-0.2, -0.15) is 0 Å². The van der Waals surface area contributed by atoms with Gasteiger partial charge in [-0.25, -0.2) is 17.6 Å². The third-order valence-corrected chi connectivity index (χ3v) is 4.29. The van der Waals surface area contributed by atoms with Gasteiger partial charge in [-0.05, 0) is 0 Å². The lowest BCUT2D eigenvalue weighted by molar-refractivity contribution is 0.0606. The fourth-order valence-electron chi connectivity index (χ4n) is 0.806. The van der Waals surface area contributed by atoms with Crippen molar-refractivity contribution < 1.29 is 22.3 Å². The number of methoxy groups -OCH3 is 1. The fourth-order valence-corrected chi connectivity index (χ4v) is 2.78. The molecule has 1 aromatic rings. The molecule has 0 aliphatic heterocycles. The molecule has 4 nitrogen and oxygen atoms in total. The highest BCUT2D eigenvalue weighted by atomic mass is 32.2. The van der Waals surface area contributed by atoms with Crippen molar-refractivity contribution in [3.05, 3.63) is 16.8 Å². The van der Waals surface area contributed by atoms with Gasteiger partial charge in [0.15, 0.2) is 19.9 Å². The molecule has 1 heterocycles. The highest BCUT2D eigenvalue weighted by Gasteiger charge is 2.21. The van der Waals surface area contributed by atoms with Crippen LogP contribution in [-0.2, 0) is 14.6 Å². The normalized spacial score (nSPS) is 11.4. The van der Waals surface area contributed by atoms with E-state index in [1.165, 1.54) is 0 Å². The molecule has 14 heavy (non-hydrogen) atoms. The SMILES string of the molecule is COC(=O)c1cc(F)c(S(C)(=O)=O)s1. The minimum Gasteiger partial charge on any atom is -0.465 e. The van der Waals surface area contributed by atoms with Crippen molar-refractivity contribution in [3.8, 4) is 0 Å². The van der Waals surface area contributed by atoms with Crippen LogP contribution in [0.2, 0.25) is 0 Å². The molecule has 0 spiro atoms. The van der Waals surface area contributed by atoms with Crippen LogP contribution in [0.4, 0.5) is 4.39 Å². The second-order valence-electron chi connectivity index (χ2n) is 2.51. The van der Waals surface area contributed by atoms with Crippen LogP contribution in [0.5, 0.6) is 0 Å². The Morgan fingerprint density at radius 1 is 1.57 bits per heavy atom. The Bertz CT molecular complexity index is 460. The van der Waals surface area contributed by atoms with Gasteiger partial charge in [-0.1, -0.05) is 0 Å². The number of esters is 1. The van der Waals surface area contributed by atoms with E-state index in [4.69, 9.17) is 0 Å². The number of sulfone groups is 1. The van der Waals surface area contributed by atoms with Crippen LogP contribution in [0.3, 0.4) is 0 Å². The maximum atomic E-state index is 13.0. The molecule has 0 saturated carbocycles. The van der Waals surface area contributed by atoms with Crippen molar-refractivity contribution in [2.24, 2.45) is 0 Å². The molecule has 0 aliphatic carbocycles. The largest absolute Gasteiger partial charge is 0.465 e. The summed E-state index contributed by atoms with van der Waals surface area (Å²) >= 11 is 0.562. The number of carbonyl (C=O) groups is 1. The molecule has 0 fully saturated rings. The first-order valence-electron chi connectivity index (χ1n) is 3.44. The molecule has 0 atom stereocenters. The molecule has 1 aromatic heterocycles. The molecule has 1 rings (SSSR count). The van der Waals surface area contributed by atoms with Gasteiger partial charge in [0.2, 0.25) is 0 Å². The van der Waals surface area contributed by atoms with Crippen molar-refractivity contribution in [1.82, 2.24) is 0 Å². The number of rotatable bonds is 2. The van der Waals surface area contributed by atoms with Crippen LogP contribution in [0.25, 0.3) is 0 Å². The molecule has 7 heteroatoms. The standard InChI is InChI=1S/C7H7FO4S2/c1-12-6(9)5-3-4(8)7(13-5)14(2,10)11/h3H,1-2H3. The van der Waals surface area contributed by atoms with Crippen molar-refractivity contribution >= 4 is 27.1 Å². The van der Waals surface area contributed by atoms with Crippen LogP contribution in [0.1, 0.15) is 9.67 Å². The van der Waals surface area contributed by atoms with E-state index in [0.717, 1.165) is 19.4 Å². The fraction of sp³-hybridized carbons (Fsp3) is 0.286. The molecular formula is C7H7FO4S2. The highest BCUT2D eigenvalue weighted by molar-refractivity contribution is 7.92. The average Bonchev–Trinajstić information content (AvgIpc) is 2.45. The molecule has 0 amide bonds. The van der Waals surface area contributed by atoms with Crippen LogP contribution in [0, 0.1) is 5.82 Å². The van der Waals surface area contributed by atoms with Gasteiger partial charge >= 0.3 is 5.97 Å². The van der Waals surface area contributed by atoms with E-state index in [1.54, 1.807) is 0 Å². The number of hydrogen-bond donors (Lipinski definition) is 0. The van der Waals surface area contributed by atoms with E-state index in [-0.39, 0.29) is 4.88 Å². The maximum absolute atomic E-state index is 13.0. The Hall–Kier alpha value is -0.950. The molecule has 0 saturated heterocycles. The van der Waals surface area contributed by atoms with Crippen molar-refractivity contribution in [1.29, 1.82) is 0 Å². The van der Waals surface area contributed by atoms with Gasteiger partial charge in [0.1, 0.15) is 4.88 Å². The summed E-state index contributed by atoms with van der Waals surface area (Å²) in [4.78, 5) is 10.9. The molecule has 0 bridgehead atoms. The number of halogens is 1. The van der Waals surface area contributed by atoms with Crippen molar-refractivity contribution in [2.45, 2.75) is 4.21 Å². The Kier molecular flexibility index (Phi) is 2.91. The van der Waals surface area contributed by atoms with Gasteiger partial charge in [-0.3, -0.25) is 0 Å². The van der Waals surface area contributed by atoms with E-state index < -0.39 is 25.8 Å². The van der Waals surface area contributed by atoms with Crippen LogP contribution in [0.15, 0.2) is 10.3 Å². The summed E-state index contributed by atoms with van der Waals surface area (Å²) in [5.41, 5.74) is 0. The first-order chi connectivity index (χ1) is 6.36. The third-order valence-electron chi connectivity index (χ3n) is 1.38. The van der Waals surface area contributed by atoms with Gasteiger partial charge in [0, 0.05) is 12.3 Å². The first-order valence-corrected chi connectivity index (χ1v) is 6.14. The van der Waals surface area contributed by atoms with Crippen molar-refractivity contribution in [3.63, 3.8) is 0 Å². The lowest BCUT2D eigenvalue weighted by Crippen LogP contribution is -1.97. The molecule has 0 aliphatic rings. The summed E-state index contributed by atoms with van der Waals surface area (Å²) < 4.78 is 38.9. The minimum atomic E-state index is -3.62. The molecular weight excluding hydrogens is 231 g/mol. The van der Waals surface area contributed by atoms with Crippen LogP contribution < -0.4 is 0 Å². The highest BCUT2D eigenvalue weighted by Crippen LogP contribution is 2.26. The zero-order chi connectivity index (χ0) is 10.9. The summed E-state index contributed by atoms with van der Waals surface area (Å²) in [5, 5.41) is 0. The maximum Gasteiger partial charge on any atom is 0.348 e. The van der Waals surface area contributed by atoms with E-state index in [2.05, 4.69) is 4.74 Å². The monoisotopic (exact) mass is 238 g/mol. The zero-order valence-electron chi connectivity index (χ0n) is 7.40. The van der Waals surface area contributed by atoms with E-state index in [0.29, 0.717) is 11.3 Å². The Morgan fingerprint density at radius 3 is 2.50 bits per heavy atom. The number of carbonyl (C=O) groups excluding carboxylic acids is 1.